The van der Waals surface area contributed by atoms with Crippen LogP contribution in [0.4, 0.5) is 4.79 Å². The monoisotopic (exact) mass is 412 g/mol. The number of benzene rings is 2. The molecule has 29 heavy (non-hydrogen) atoms. The number of carbonyl (C=O) groups is 1. The normalized spacial score (nSPS) is 13.2. The highest BCUT2D eigenvalue weighted by atomic mass is 35.5. The first-order valence-electron chi connectivity index (χ1n) is 9.37. The number of hydrogen-bond donors (Lipinski definition) is 4. The van der Waals surface area contributed by atoms with Gasteiger partial charge in [0.2, 0.25) is 0 Å². The van der Waals surface area contributed by atoms with E-state index in [9.17, 15) is 15.0 Å². The van der Waals surface area contributed by atoms with E-state index in [0.29, 0.717) is 37.3 Å². The Hall–Kier alpha value is -3.19. The third-order valence-electron chi connectivity index (χ3n) is 5.07. The highest BCUT2D eigenvalue weighted by molar-refractivity contribution is 6.32. The molecule has 0 fully saturated rings. The summed E-state index contributed by atoms with van der Waals surface area (Å²) in [6, 6.07) is 12.5. The number of hydrogen-bond acceptors (Lipinski definition) is 4. The zero-order valence-corrected chi connectivity index (χ0v) is 16.4. The average Bonchev–Trinajstić information content (AvgIpc) is 3.14. The average molecular weight is 413 g/mol. The van der Waals surface area contributed by atoms with Gasteiger partial charge in [-0.25, -0.2) is 4.79 Å². The van der Waals surface area contributed by atoms with Crippen LogP contribution in [0.5, 0.6) is 11.5 Å². The molecule has 0 aliphatic carbocycles. The van der Waals surface area contributed by atoms with Crippen molar-refractivity contribution >= 4 is 17.6 Å². The first kappa shape index (κ1) is 19.1. The number of aromatic nitrogens is 2. The summed E-state index contributed by atoms with van der Waals surface area (Å²) >= 11 is 6.00. The number of phenolic OH excluding ortho intramolecular Hbond substituents is 2. The van der Waals surface area contributed by atoms with E-state index in [1.807, 2.05) is 30.3 Å². The summed E-state index contributed by atoms with van der Waals surface area (Å²) in [6.07, 6.45) is 1.41. The summed E-state index contributed by atoms with van der Waals surface area (Å²) in [7, 11) is 0. The molecule has 0 unspecified atom stereocenters. The minimum absolute atomic E-state index is 0.120. The third-order valence-corrected chi connectivity index (χ3v) is 5.38. The predicted octanol–water partition coefficient (Wildman–Crippen LogP) is 3.45. The summed E-state index contributed by atoms with van der Waals surface area (Å²) in [5, 5.41) is 30.3. The Morgan fingerprint density at radius 2 is 2.00 bits per heavy atom. The van der Waals surface area contributed by atoms with Gasteiger partial charge in [-0.1, -0.05) is 41.9 Å². The van der Waals surface area contributed by atoms with Crippen molar-refractivity contribution in [1.29, 1.82) is 0 Å². The van der Waals surface area contributed by atoms with Crippen molar-refractivity contribution in [2.75, 3.05) is 13.1 Å². The largest absolute Gasteiger partial charge is 0.507 e. The maximum atomic E-state index is 12.6. The van der Waals surface area contributed by atoms with E-state index >= 15 is 0 Å². The van der Waals surface area contributed by atoms with Crippen LogP contribution in [0.25, 0.3) is 11.3 Å². The molecule has 1 aliphatic rings. The van der Waals surface area contributed by atoms with E-state index in [2.05, 4.69) is 15.5 Å². The molecule has 0 spiro atoms. The zero-order valence-electron chi connectivity index (χ0n) is 15.7. The van der Waals surface area contributed by atoms with Gasteiger partial charge in [0.1, 0.15) is 17.2 Å². The van der Waals surface area contributed by atoms with Crippen LogP contribution in [-0.4, -0.2) is 44.4 Å². The van der Waals surface area contributed by atoms with E-state index in [0.717, 1.165) is 17.7 Å². The van der Waals surface area contributed by atoms with E-state index in [1.54, 1.807) is 4.90 Å². The van der Waals surface area contributed by atoms with E-state index in [4.69, 9.17) is 11.6 Å². The molecule has 2 aromatic carbocycles. The molecule has 4 rings (SSSR count). The molecule has 0 saturated heterocycles. The number of H-pyrrole nitrogens is 1. The lowest BCUT2D eigenvalue weighted by Crippen LogP contribution is -2.43. The molecule has 4 N–H and O–H groups in total. The van der Waals surface area contributed by atoms with Crippen LogP contribution in [-0.2, 0) is 19.4 Å². The van der Waals surface area contributed by atoms with Gasteiger partial charge >= 0.3 is 6.03 Å². The Balaban J connectivity index is 1.46. The second-order valence-electron chi connectivity index (χ2n) is 6.99. The molecular weight excluding hydrogens is 392 g/mol. The number of rotatable bonds is 4. The summed E-state index contributed by atoms with van der Waals surface area (Å²) in [6.45, 7) is 1.50. The van der Waals surface area contributed by atoms with Crippen molar-refractivity contribution in [3.8, 4) is 22.8 Å². The Bertz CT molecular complexity index is 1040. The lowest BCUT2D eigenvalue weighted by molar-refractivity contribution is 0.192. The van der Waals surface area contributed by atoms with Crippen molar-refractivity contribution in [2.45, 2.75) is 19.4 Å². The molecule has 0 bridgehead atoms. The fraction of sp³-hybridized carbons (Fsp3) is 0.238. The van der Waals surface area contributed by atoms with Gasteiger partial charge < -0.3 is 20.4 Å². The van der Waals surface area contributed by atoms with Crippen molar-refractivity contribution in [3.63, 3.8) is 0 Å². The number of amides is 2. The lowest BCUT2D eigenvalue weighted by atomic mass is 10.0. The highest BCUT2D eigenvalue weighted by Crippen LogP contribution is 2.39. The fourth-order valence-corrected chi connectivity index (χ4v) is 3.67. The first-order chi connectivity index (χ1) is 14.0. The van der Waals surface area contributed by atoms with E-state index in [1.165, 1.54) is 17.7 Å². The summed E-state index contributed by atoms with van der Waals surface area (Å²) in [5.41, 5.74) is 3.88. The maximum absolute atomic E-state index is 12.6. The van der Waals surface area contributed by atoms with Gasteiger partial charge in [0.25, 0.3) is 0 Å². The van der Waals surface area contributed by atoms with Gasteiger partial charge in [0, 0.05) is 42.4 Å². The third kappa shape index (κ3) is 4.00. The minimum Gasteiger partial charge on any atom is -0.507 e. The van der Waals surface area contributed by atoms with Gasteiger partial charge in [-0.15, -0.1) is 0 Å². The first-order valence-corrected chi connectivity index (χ1v) is 9.75. The molecular formula is C21H21ClN4O3. The zero-order chi connectivity index (χ0) is 20.4. The maximum Gasteiger partial charge on any atom is 0.317 e. The van der Waals surface area contributed by atoms with E-state index in [-0.39, 0.29) is 22.6 Å². The molecule has 0 radical (unpaired) electrons. The molecule has 7 nitrogen and oxygen atoms in total. The number of halogens is 1. The second kappa shape index (κ2) is 8.05. The van der Waals surface area contributed by atoms with Crippen LogP contribution in [0.1, 0.15) is 16.8 Å². The summed E-state index contributed by atoms with van der Waals surface area (Å²) in [5.74, 6) is -0.317. The fourth-order valence-electron chi connectivity index (χ4n) is 3.50. The summed E-state index contributed by atoms with van der Waals surface area (Å²) < 4.78 is 0. The topological polar surface area (TPSA) is 101 Å². The van der Waals surface area contributed by atoms with Gasteiger partial charge in [-0.3, -0.25) is 5.10 Å². The molecule has 150 valence electrons. The second-order valence-corrected chi connectivity index (χ2v) is 7.40. The number of phenols is 2. The number of fused-ring (bicyclic) bond motifs is 1. The van der Waals surface area contributed by atoms with Gasteiger partial charge in [0.15, 0.2) is 0 Å². The Labute approximate surface area is 172 Å². The number of nitrogens with zero attached hydrogens (tertiary/aromatic N) is 2. The number of aromatic amines is 1. The van der Waals surface area contributed by atoms with Crippen molar-refractivity contribution < 1.29 is 15.0 Å². The SMILES string of the molecule is O=C(NCCc1ccccc1)N1CCc2[nH]nc(-c3cc(Cl)c(O)cc3O)c2C1. The van der Waals surface area contributed by atoms with Crippen molar-refractivity contribution in [3.05, 3.63) is 64.3 Å². The molecule has 2 heterocycles. The van der Waals surface area contributed by atoms with Gasteiger partial charge in [-0.05, 0) is 18.1 Å². The molecule has 0 saturated carbocycles. The molecule has 3 aromatic rings. The Kier molecular flexibility index (Phi) is 5.31. The predicted molar refractivity (Wildman–Crippen MR) is 110 cm³/mol. The molecule has 0 atom stereocenters. The van der Waals surface area contributed by atoms with Gasteiger partial charge in [0.05, 0.1) is 11.6 Å². The number of urea groups is 1. The van der Waals surface area contributed by atoms with Crippen molar-refractivity contribution in [1.82, 2.24) is 20.4 Å². The number of aromatic hydroxyl groups is 2. The molecule has 2 amide bonds. The number of nitrogens with one attached hydrogen (secondary N) is 2. The Morgan fingerprint density at radius 1 is 1.21 bits per heavy atom. The van der Waals surface area contributed by atoms with Crippen LogP contribution in [0.3, 0.4) is 0 Å². The molecule has 1 aliphatic heterocycles. The van der Waals surface area contributed by atoms with Crippen LogP contribution in [0, 0.1) is 0 Å². The summed E-state index contributed by atoms with van der Waals surface area (Å²) in [4.78, 5) is 14.3. The van der Waals surface area contributed by atoms with Crippen molar-refractivity contribution in [2.24, 2.45) is 0 Å². The quantitative estimate of drug-likeness (QED) is 0.527. The standard InChI is InChI=1S/C21H21ClN4O3/c22-16-10-14(18(27)11-19(16)28)20-15-12-26(9-7-17(15)24-25-20)21(29)23-8-6-13-4-2-1-3-5-13/h1-5,10-11,27-28H,6-9,12H2,(H,23,29)(H,24,25). The van der Waals surface area contributed by atoms with Crippen LogP contribution in [0.2, 0.25) is 5.02 Å². The Morgan fingerprint density at radius 3 is 2.79 bits per heavy atom. The van der Waals surface area contributed by atoms with E-state index < -0.39 is 0 Å². The van der Waals surface area contributed by atoms with Crippen LogP contribution in [0.15, 0.2) is 42.5 Å². The minimum atomic E-state index is -0.197. The lowest BCUT2D eigenvalue weighted by Gasteiger charge is -2.27. The molecule has 1 aromatic heterocycles. The van der Waals surface area contributed by atoms with Gasteiger partial charge in [-0.2, -0.15) is 5.10 Å². The highest BCUT2D eigenvalue weighted by Gasteiger charge is 2.27. The smallest absolute Gasteiger partial charge is 0.317 e. The molecule has 8 heteroatoms. The number of carbonyl (C=O) groups excluding carboxylic acids is 1. The van der Waals surface area contributed by atoms with Crippen LogP contribution < -0.4 is 5.32 Å². The van der Waals surface area contributed by atoms with Crippen LogP contribution >= 0.6 is 11.6 Å².